The third-order valence-corrected chi connectivity index (χ3v) is 4.73. The summed E-state index contributed by atoms with van der Waals surface area (Å²) < 4.78 is 1.38. The molecule has 12 heteroatoms. The van der Waals surface area contributed by atoms with Crippen LogP contribution in [0.1, 0.15) is 11.1 Å². The van der Waals surface area contributed by atoms with Gasteiger partial charge in [0, 0.05) is 0 Å². The van der Waals surface area contributed by atoms with Gasteiger partial charge in [-0.05, 0) is 37.1 Å². The smallest absolute Gasteiger partial charge is 0.349 e. The number of nitrogens with one attached hydrogen (secondary N) is 1. The first kappa shape index (κ1) is 20.5. The number of rotatable bonds is 7. The normalized spacial score (nSPS) is 14.7. The van der Waals surface area contributed by atoms with Crippen LogP contribution in [-0.2, 0) is 11.4 Å². The first-order chi connectivity index (χ1) is 13.8. The van der Waals surface area contributed by atoms with Crippen LogP contribution in [0.5, 0.6) is 0 Å². The summed E-state index contributed by atoms with van der Waals surface area (Å²) in [6, 6.07) is 3.47. The summed E-state index contributed by atoms with van der Waals surface area (Å²) in [6.07, 6.45) is -4.72. The van der Waals surface area contributed by atoms with Gasteiger partial charge in [0.25, 0.3) is 5.56 Å². The topological polar surface area (TPSA) is 180 Å². The molecule has 0 aromatic heterocycles. The highest BCUT2D eigenvalue weighted by Crippen LogP contribution is 2.25. The summed E-state index contributed by atoms with van der Waals surface area (Å²) in [4.78, 5) is 49.5. The average molecular weight is 405 g/mol. The number of hydrogen-bond donors (Lipinski definition) is 4. The predicted octanol–water partition coefficient (Wildman–Crippen LogP) is -1.02. The molecule has 0 bridgehead atoms. The molecule has 0 amide bonds. The zero-order valence-electron chi connectivity index (χ0n) is 15.6. The molecule has 3 atom stereocenters. The Balaban J connectivity index is 2.29. The van der Waals surface area contributed by atoms with Gasteiger partial charge in [-0.2, -0.15) is 4.98 Å². The summed E-state index contributed by atoms with van der Waals surface area (Å²) in [5.41, 5.74) is 0.847. The van der Waals surface area contributed by atoms with E-state index >= 15 is 0 Å². The minimum Gasteiger partial charge on any atom is -0.394 e. The fourth-order valence-corrected chi connectivity index (χ4v) is 3.03. The molecule has 154 valence electrons. The minimum atomic E-state index is -1.69. The molecule has 0 spiro atoms. The Bertz CT molecular complexity index is 1140. The molecule has 1 aromatic carbocycles. The highest BCUT2D eigenvalue weighted by atomic mass is 16.7. The van der Waals surface area contributed by atoms with Crippen molar-refractivity contribution < 1.29 is 20.2 Å². The van der Waals surface area contributed by atoms with Crippen LogP contribution in [0, 0.1) is 18.8 Å². The Kier molecular flexibility index (Phi) is 5.68. The number of aromatic nitrogens is 4. The molecule has 29 heavy (non-hydrogen) atoms. The van der Waals surface area contributed by atoms with E-state index in [4.69, 9.17) is 5.11 Å². The van der Waals surface area contributed by atoms with Crippen molar-refractivity contribution in [2.24, 2.45) is 5.34 Å². The number of aliphatic hydroxyl groups is 3. The van der Waals surface area contributed by atoms with Crippen molar-refractivity contribution >= 4 is 11.0 Å². The summed E-state index contributed by atoms with van der Waals surface area (Å²) in [6.45, 7) is 2.60. The average Bonchev–Trinajstić information content (AvgIpc) is 2.68. The van der Waals surface area contributed by atoms with Crippen molar-refractivity contribution in [1.29, 1.82) is 0 Å². The third kappa shape index (κ3) is 3.85. The Labute approximate surface area is 162 Å². The Hall–Kier alpha value is -3.22. The van der Waals surface area contributed by atoms with E-state index in [1.54, 1.807) is 12.1 Å². The highest BCUT2D eigenvalue weighted by Gasteiger charge is 2.31. The lowest BCUT2D eigenvalue weighted by molar-refractivity contribution is -0.107. The van der Waals surface area contributed by atoms with Gasteiger partial charge < -0.3 is 24.7 Å². The lowest BCUT2D eigenvalue weighted by Crippen LogP contribution is -2.43. The van der Waals surface area contributed by atoms with Crippen LogP contribution in [-0.4, -0.2) is 59.8 Å². The minimum absolute atomic E-state index is 0.0975. The van der Waals surface area contributed by atoms with Crippen LogP contribution in [0.2, 0.25) is 0 Å². The fourth-order valence-electron chi connectivity index (χ4n) is 3.03. The molecule has 0 radical (unpaired) electrons. The quantitative estimate of drug-likeness (QED) is 0.217. The molecule has 2 aliphatic rings. The maximum Gasteiger partial charge on any atom is 0.349 e. The molecular formula is C17H19N5O7. The second kappa shape index (κ2) is 8.03. The van der Waals surface area contributed by atoms with Crippen LogP contribution in [0.3, 0.4) is 0 Å². The zero-order chi connectivity index (χ0) is 21.3. The van der Waals surface area contributed by atoms with E-state index in [1.165, 1.54) is 4.57 Å². The van der Waals surface area contributed by atoms with Gasteiger partial charge in [0.15, 0.2) is 23.0 Å². The molecule has 2 heterocycles. The van der Waals surface area contributed by atoms with Crippen molar-refractivity contribution in [1.82, 2.24) is 19.5 Å². The second-order valence-corrected chi connectivity index (χ2v) is 6.65. The summed E-state index contributed by atoms with van der Waals surface area (Å²) >= 11 is 0. The largest absolute Gasteiger partial charge is 0.394 e. The van der Waals surface area contributed by atoms with Gasteiger partial charge in [0.1, 0.15) is 12.2 Å². The Morgan fingerprint density at radius 1 is 1.21 bits per heavy atom. The van der Waals surface area contributed by atoms with E-state index in [1.807, 2.05) is 18.8 Å². The molecule has 0 saturated heterocycles. The summed E-state index contributed by atoms with van der Waals surface area (Å²) in [5.74, 6) is -0.0975. The van der Waals surface area contributed by atoms with Gasteiger partial charge >= 0.3 is 5.69 Å². The maximum atomic E-state index is 12.3. The Morgan fingerprint density at radius 2 is 1.90 bits per heavy atom. The number of benzene rings is 1. The number of aryl methyl sites for hydroxylation is 2. The SMILES string of the molecule is Cc1cc2nc3c(=O)[nH]c(=O)nc-3n(C[C@@H](ON=O)[C@@H](O)[C@@H](O)CO)c2cc1C. The second-order valence-electron chi connectivity index (χ2n) is 6.65. The van der Waals surface area contributed by atoms with Gasteiger partial charge in [-0.3, -0.25) is 9.78 Å². The van der Waals surface area contributed by atoms with E-state index < -0.39 is 36.2 Å². The van der Waals surface area contributed by atoms with Crippen LogP contribution in [0.25, 0.3) is 22.6 Å². The number of nitrogens with zero attached hydrogens (tertiary/aromatic N) is 4. The molecule has 1 aromatic rings. The number of fused-ring (bicyclic) bond motifs is 2. The molecule has 12 nitrogen and oxygen atoms in total. The molecule has 2 aliphatic heterocycles. The lowest BCUT2D eigenvalue weighted by atomic mass is 10.1. The van der Waals surface area contributed by atoms with E-state index in [2.05, 4.69) is 20.1 Å². The summed E-state index contributed by atoms with van der Waals surface area (Å²) in [7, 11) is 0. The van der Waals surface area contributed by atoms with Crippen molar-refractivity contribution in [3.63, 3.8) is 0 Å². The lowest BCUT2D eigenvalue weighted by Gasteiger charge is -2.26. The van der Waals surface area contributed by atoms with Crippen molar-refractivity contribution in [2.45, 2.75) is 38.7 Å². The maximum absolute atomic E-state index is 12.3. The number of hydrogen-bond acceptors (Lipinski definition) is 10. The zero-order valence-corrected chi connectivity index (χ0v) is 15.6. The first-order valence-electron chi connectivity index (χ1n) is 8.64. The van der Waals surface area contributed by atoms with Crippen molar-refractivity contribution in [3.05, 3.63) is 49.0 Å². The van der Waals surface area contributed by atoms with Gasteiger partial charge in [-0.25, -0.2) is 9.78 Å². The first-order valence-corrected chi connectivity index (χ1v) is 8.64. The standard InChI is InChI=1S/C17H19N5O7/c1-7-3-9-10(4-8(7)2)22(5-12(29-21-28)14(25)11(24)6-23)15-13(18-9)16(26)20-17(27)19-15/h3-4,11-12,14,23-25H,5-6H2,1-2H3,(H,20,26,27)/t11-,12+,14-/m0/s1. The van der Waals surface area contributed by atoms with Gasteiger partial charge in [-0.15, -0.1) is 4.91 Å². The van der Waals surface area contributed by atoms with E-state index in [9.17, 15) is 24.7 Å². The number of aromatic amines is 1. The van der Waals surface area contributed by atoms with Gasteiger partial charge in [-0.1, -0.05) is 0 Å². The fraction of sp³-hybridized carbons (Fsp3) is 0.412. The van der Waals surface area contributed by atoms with Crippen molar-refractivity contribution in [3.8, 4) is 11.5 Å². The van der Waals surface area contributed by atoms with E-state index in [-0.39, 0.29) is 18.1 Å². The van der Waals surface area contributed by atoms with Crippen LogP contribution in [0.15, 0.2) is 27.1 Å². The number of aliphatic hydroxyl groups excluding tert-OH is 3. The van der Waals surface area contributed by atoms with Gasteiger partial charge in [0.2, 0.25) is 0 Å². The van der Waals surface area contributed by atoms with Crippen LogP contribution in [0.4, 0.5) is 0 Å². The molecule has 0 saturated carbocycles. The monoisotopic (exact) mass is 405 g/mol. The highest BCUT2D eigenvalue weighted by molar-refractivity contribution is 5.81. The third-order valence-electron chi connectivity index (χ3n) is 4.73. The predicted molar refractivity (Wildman–Crippen MR) is 100 cm³/mol. The molecule has 3 rings (SSSR count). The van der Waals surface area contributed by atoms with Crippen LogP contribution < -0.4 is 11.2 Å². The van der Waals surface area contributed by atoms with E-state index in [0.29, 0.717) is 11.0 Å². The molecule has 0 aliphatic carbocycles. The van der Waals surface area contributed by atoms with Crippen molar-refractivity contribution in [2.75, 3.05) is 6.61 Å². The molecular weight excluding hydrogens is 386 g/mol. The molecule has 4 N–H and O–H groups in total. The van der Waals surface area contributed by atoms with Crippen LogP contribution >= 0.6 is 0 Å². The summed E-state index contributed by atoms with van der Waals surface area (Å²) in [5, 5.41) is 31.3. The van der Waals surface area contributed by atoms with E-state index in [0.717, 1.165) is 11.1 Å². The molecule has 0 fully saturated rings. The Morgan fingerprint density at radius 3 is 2.55 bits per heavy atom. The number of H-pyrrole nitrogens is 1. The van der Waals surface area contributed by atoms with Gasteiger partial charge in [0.05, 0.1) is 24.2 Å². The molecule has 0 unspecified atom stereocenters.